The third-order valence-electron chi connectivity index (χ3n) is 2.30. The molecule has 0 aliphatic heterocycles. The first kappa shape index (κ1) is 10.2. The lowest BCUT2D eigenvalue weighted by Crippen LogP contribution is -1.90. The highest BCUT2D eigenvalue weighted by Gasteiger charge is 2.07. The van der Waals surface area contributed by atoms with Crippen LogP contribution in [0.3, 0.4) is 0 Å². The molecule has 0 saturated carbocycles. The standard InChI is InChI=1S/C12H12FNS/c1-7-5-8(2)15-12(7)9-3-4-10(13)11(14)6-9/h3-6H,14H2,1-2H3. The lowest BCUT2D eigenvalue weighted by Gasteiger charge is -2.02. The van der Waals surface area contributed by atoms with Gasteiger partial charge < -0.3 is 5.73 Å². The molecule has 0 radical (unpaired) electrons. The van der Waals surface area contributed by atoms with Gasteiger partial charge in [-0.25, -0.2) is 4.39 Å². The van der Waals surface area contributed by atoms with Gasteiger partial charge in [-0.1, -0.05) is 6.07 Å². The average Bonchev–Trinajstić information content (AvgIpc) is 2.50. The fourth-order valence-corrected chi connectivity index (χ4v) is 2.64. The molecule has 15 heavy (non-hydrogen) atoms. The fraction of sp³-hybridized carbons (Fsp3) is 0.167. The highest BCUT2D eigenvalue weighted by atomic mass is 32.1. The molecule has 2 N–H and O–H groups in total. The number of benzene rings is 1. The van der Waals surface area contributed by atoms with Gasteiger partial charge >= 0.3 is 0 Å². The van der Waals surface area contributed by atoms with Crippen LogP contribution in [0.2, 0.25) is 0 Å². The maximum atomic E-state index is 13.0. The lowest BCUT2D eigenvalue weighted by molar-refractivity contribution is 0.632. The summed E-state index contributed by atoms with van der Waals surface area (Å²) in [5, 5.41) is 0. The van der Waals surface area contributed by atoms with Crippen LogP contribution in [0.4, 0.5) is 10.1 Å². The highest BCUT2D eigenvalue weighted by molar-refractivity contribution is 7.15. The normalized spacial score (nSPS) is 10.6. The molecule has 0 bridgehead atoms. The van der Waals surface area contributed by atoms with Gasteiger partial charge in [-0.3, -0.25) is 0 Å². The summed E-state index contributed by atoms with van der Waals surface area (Å²) in [4.78, 5) is 2.42. The van der Waals surface area contributed by atoms with Crippen LogP contribution >= 0.6 is 11.3 Å². The third kappa shape index (κ3) is 1.88. The van der Waals surface area contributed by atoms with E-state index in [9.17, 15) is 4.39 Å². The van der Waals surface area contributed by atoms with Crippen molar-refractivity contribution in [3.63, 3.8) is 0 Å². The first-order valence-corrected chi connectivity index (χ1v) is 5.52. The van der Waals surface area contributed by atoms with E-state index in [1.54, 1.807) is 23.5 Å². The van der Waals surface area contributed by atoms with E-state index >= 15 is 0 Å². The van der Waals surface area contributed by atoms with Crippen molar-refractivity contribution < 1.29 is 4.39 Å². The molecule has 0 aliphatic rings. The molecule has 78 valence electrons. The topological polar surface area (TPSA) is 26.0 Å². The number of hydrogen-bond donors (Lipinski definition) is 1. The number of nitrogens with two attached hydrogens (primary N) is 1. The number of nitrogen functional groups attached to an aromatic ring is 1. The van der Waals surface area contributed by atoms with E-state index in [0.717, 1.165) is 5.56 Å². The zero-order chi connectivity index (χ0) is 11.0. The van der Waals surface area contributed by atoms with Crippen molar-refractivity contribution in [1.82, 2.24) is 0 Å². The van der Waals surface area contributed by atoms with E-state index in [2.05, 4.69) is 19.9 Å². The van der Waals surface area contributed by atoms with Gasteiger partial charge in [0, 0.05) is 9.75 Å². The van der Waals surface area contributed by atoms with Crippen molar-refractivity contribution in [2.45, 2.75) is 13.8 Å². The highest BCUT2D eigenvalue weighted by Crippen LogP contribution is 2.33. The molecule has 0 spiro atoms. The predicted molar refractivity (Wildman–Crippen MR) is 63.6 cm³/mol. The Morgan fingerprint density at radius 3 is 2.47 bits per heavy atom. The molecular formula is C12H12FNS. The predicted octanol–water partition coefficient (Wildman–Crippen LogP) is 3.75. The van der Waals surface area contributed by atoms with E-state index in [-0.39, 0.29) is 11.5 Å². The SMILES string of the molecule is Cc1cc(C)c(-c2ccc(F)c(N)c2)s1. The molecular weight excluding hydrogens is 209 g/mol. The molecule has 0 atom stereocenters. The summed E-state index contributed by atoms with van der Waals surface area (Å²) in [5.74, 6) is -0.357. The first-order valence-electron chi connectivity index (χ1n) is 4.70. The summed E-state index contributed by atoms with van der Waals surface area (Å²) in [5.41, 5.74) is 7.95. The Bertz CT molecular complexity index is 502. The van der Waals surface area contributed by atoms with Gasteiger partial charge in [0.25, 0.3) is 0 Å². The van der Waals surface area contributed by atoms with Gasteiger partial charge in [0.05, 0.1) is 5.69 Å². The Kier molecular flexibility index (Phi) is 2.49. The molecule has 1 aromatic heterocycles. The summed E-state index contributed by atoms with van der Waals surface area (Å²) in [6.07, 6.45) is 0. The summed E-state index contributed by atoms with van der Waals surface area (Å²) < 4.78 is 13.0. The van der Waals surface area contributed by atoms with Gasteiger partial charge in [0.1, 0.15) is 5.82 Å². The summed E-state index contributed by atoms with van der Waals surface area (Å²) >= 11 is 1.70. The van der Waals surface area contributed by atoms with Crippen LogP contribution in [0.5, 0.6) is 0 Å². The van der Waals surface area contributed by atoms with Crippen LogP contribution in [0.25, 0.3) is 10.4 Å². The van der Waals surface area contributed by atoms with Crippen molar-refractivity contribution in [3.05, 3.63) is 40.5 Å². The molecule has 1 heterocycles. The minimum absolute atomic E-state index is 0.206. The maximum Gasteiger partial charge on any atom is 0.146 e. The van der Waals surface area contributed by atoms with Crippen LogP contribution < -0.4 is 5.73 Å². The summed E-state index contributed by atoms with van der Waals surface area (Å²) in [6.45, 7) is 4.12. The zero-order valence-corrected chi connectivity index (χ0v) is 9.49. The van der Waals surface area contributed by atoms with E-state index in [1.165, 1.54) is 21.4 Å². The van der Waals surface area contributed by atoms with Crippen LogP contribution in [0, 0.1) is 19.7 Å². The molecule has 1 nitrogen and oxygen atoms in total. The number of aryl methyl sites for hydroxylation is 2. The van der Waals surface area contributed by atoms with E-state index < -0.39 is 0 Å². The number of rotatable bonds is 1. The Hall–Kier alpha value is -1.35. The lowest BCUT2D eigenvalue weighted by atomic mass is 10.1. The minimum atomic E-state index is -0.357. The zero-order valence-electron chi connectivity index (χ0n) is 8.67. The summed E-state index contributed by atoms with van der Waals surface area (Å²) in [7, 11) is 0. The Morgan fingerprint density at radius 1 is 1.20 bits per heavy atom. The fourth-order valence-electron chi connectivity index (χ4n) is 1.61. The maximum absolute atomic E-state index is 13.0. The van der Waals surface area contributed by atoms with Gasteiger partial charge in [-0.15, -0.1) is 11.3 Å². The van der Waals surface area contributed by atoms with Crippen molar-refractivity contribution in [2.75, 3.05) is 5.73 Å². The molecule has 0 unspecified atom stereocenters. The number of halogens is 1. The minimum Gasteiger partial charge on any atom is -0.396 e. The van der Waals surface area contributed by atoms with Gasteiger partial charge in [-0.2, -0.15) is 0 Å². The van der Waals surface area contributed by atoms with Crippen LogP contribution in [0.1, 0.15) is 10.4 Å². The average molecular weight is 221 g/mol. The third-order valence-corrected chi connectivity index (χ3v) is 3.50. The van der Waals surface area contributed by atoms with Crippen molar-refractivity contribution in [1.29, 1.82) is 0 Å². The Morgan fingerprint density at radius 2 is 1.93 bits per heavy atom. The second-order valence-corrected chi connectivity index (χ2v) is 4.86. The van der Waals surface area contributed by atoms with Crippen LogP contribution in [-0.2, 0) is 0 Å². The van der Waals surface area contributed by atoms with Crippen LogP contribution in [0.15, 0.2) is 24.3 Å². The summed E-state index contributed by atoms with van der Waals surface area (Å²) in [6, 6.07) is 7.00. The first-order chi connectivity index (χ1) is 7.08. The van der Waals surface area contributed by atoms with Crippen molar-refractivity contribution >= 4 is 17.0 Å². The molecule has 2 aromatic rings. The molecule has 0 fully saturated rings. The van der Waals surface area contributed by atoms with Gasteiger partial charge in [0.15, 0.2) is 0 Å². The smallest absolute Gasteiger partial charge is 0.146 e. The van der Waals surface area contributed by atoms with Crippen molar-refractivity contribution in [3.8, 4) is 10.4 Å². The van der Waals surface area contributed by atoms with Gasteiger partial charge in [-0.05, 0) is 43.2 Å². The van der Waals surface area contributed by atoms with Gasteiger partial charge in [0.2, 0.25) is 0 Å². The molecule has 0 saturated heterocycles. The second-order valence-electron chi connectivity index (χ2n) is 3.61. The number of thiophene rings is 1. The quantitative estimate of drug-likeness (QED) is 0.729. The van der Waals surface area contributed by atoms with Crippen LogP contribution in [-0.4, -0.2) is 0 Å². The molecule has 0 aliphatic carbocycles. The number of hydrogen-bond acceptors (Lipinski definition) is 2. The van der Waals surface area contributed by atoms with Crippen molar-refractivity contribution in [2.24, 2.45) is 0 Å². The van der Waals surface area contributed by atoms with E-state index in [4.69, 9.17) is 5.73 Å². The molecule has 2 rings (SSSR count). The van der Waals surface area contributed by atoms with E-state index in [1.807, 2.05) is 0 Å². The second kappa shape index (κ2) is 3.66. The Labute approximate surface area is 92.4 Å². The monoisotopic (exact) mass is 221 g/mol. The molecule has 3 heteroatoms. The number of anilines is 1. The molecule has 1 aromatic carbocycles. The Balaban J connectivity index is 2.54. The van der Waals surface area contributed by atoms with E-state index in [0.29, 0.717) is 0 Å². The molecule has 0 amide bonds. The largest absolute Gasteiger partial charge is 0.396 e.